The minimum Gasteiger partial charge on any atom is -0.376 e. The van der Waals surface area contributed by atoms with Crippen molar-refractivity contribution in [1.82, 2.24) is 14.7 Å². The molecule has 0 N–H and O–H groups in total. The van der Waals surface area contributed by atoms with Crippen LogP contribution in [0.2, 0.25) is 0 Å². The first-order valence-corrected chi connectivity index (χ1v) is 9.02. The largest absolute Gasteiger partial charge is 0.376 e. The van der Waals surface area contributed by atoms with Gasteiger partial charge in [-0.2, -0.15) is 5.10 Å². The molecule has 0 radical (unpaired) electrons. The maximum atomic E-state index is 12.9. The molecular weight excluding hydrogens is 290 g/mol. The third-order valence-electron chi connectivity index (χ3n) is 4.33. The van der Waals surface area contributed by atoms with Crippen LogP contribution in [0, 0.1) is 5.92 Å². The molecule has 1 aliphatic heterocycles. The van der Waals surface area contributed by atoms with E-state index in [2.05, 4.69) is 18.9 Å². The van der Waals surface area contributed by atoms with Crippen molar-refractivity contribution in [3.05, 3.63) is 17.5 Å². The predicted octanol–water partition coefficient (Wildman–Crippen LogP) is 3.13. The summed E-state index contributed by atoms with van der Waals surface area (Å²) in [5.74, 6) is 0.613. The number of hydrogen-bond donors (Lipinski definition) is 0. The zero-order chi connectivity index (χ0) is 16.8. The molecule has 5 nitrogen and oxygen atoms in total. The van der Waals surface area contributed by atoms with Gasteiger partial charge in [-0.05, 0) is 51.5 Å². The molecule has 0 spiro atoms. The number of amides is 1. The molecule has 0 aliphatic carbocycles. The average Bonchev–Trinajstić information content (AvgIpc) is 2.95. The molecule has 1 fully saturated rings. The van der Waals surface area contributed by atoms with E-state index in [1.165, 1.54) is 6.42 Å². The van der Waals surface area contributed by atoms with Crippen LogP contribution in [0.5, 0.6) is 0 Å². The second kappa shape index (κ2) is 8.48. The van der Waals surface area contributed by atoms with Gasteiger partial charge in [0, 0.05) is 26.2 Å². The molecule has 1 aromatic rings. The molecule has 0 aromatic carbocycles. The van der Waals surface area contributed by atoms with E-state index >= 15 is 0 Å². The Morgan fingerprint density at radius 3 is 2.78 bits per heavy atom. The van der Waals surface area contributed by atoms with E-state index in [1.54, 1.807) is 0 Å². The SMILES string of the molecule is CCN(C[C@H]1CCCCO1)C(=O)c1cc(CC(C)C)nn1CC. The fourth-order valence-electron chi connectivity index (χ4n) is 3.12. The number of likely N-dealkylation sites (N-methyl/N-ethyl adjacent to an activating group) is 1. The normalized spacial score (nSPS) is 18.4. The van der Waals surface area contributed by atoms with Crippen molar-refractivity contribution in [2.24, 2.45) is 5.92 Å². The highest BCUT2D eigenvalue weighted by Crippen LogP contribution is 2.17. The summed E-state index contributed by atoms with van der Waals surface area (Å²) in [5, 5.41) is 4.59. The number of aryl methyl sites for hydroxylation is 1. The lowest BCUT2D eigenvalue weighted by Crippen LogP contribution is -2.40. The lowest BCUT2D eigenvalue weighted by Gasteiger charge is -2.29. The Morgan fingerprint density at radius 2 is 2.22 bits per heavy atom. The molecule has 1 aliphatic rings. The van der Waals surface area contributed by atoms with Crippen LogP contribution in [0.3, 0.4) is 0 Å². The standard InChI is InChI=1S/C18H31N3O2/c1-5-20(13-16-9-7-8-10-23-16)18(22)17-12-15(11-14(3)4)19-21(17)6-2/h12,14,16H,5-11,13H2,1-4H3/t16-/m1/s1. The topological polar surface area (TPSA) is 47.4 Å². The van der Waals surface area contributed by atoms with Crippen LogP contribution in [0.15, 0.2) is 6.07 Å². The van der Waals surface area contributed by atoms with Crippen LogP contribution in [-0.2, 0) is 17.7 Å². The van der Waals surface area contributed by atoms with Crippen molar-refractivity contribution < 1.29 is 9.53 Å². The molecule has 1 atom stereocenters. The fraction of sp³-hybridized carbons (Fsp3) is 0.778. The molecule has 1 saturated heterocycles. The number of nitrogens with zero attached hydrogens (tertiary/aromatic N) is 3. The molecule has 0 saturated carbocycles. The van der Waals surface area contributed by atoms with Crippen LogP contribution in [0.1, 0.15) is 63.1 Å². The smallest absolute Gasteiger partial charge is 0.272 e. The van der Waals surface area contributed by atoms with E-state index in [-0.39, 0.29) is 12.0 Å². The van der Waals surface area contributed by atoms with Crippen LogP contribution < -0.4 is 0 Å². The summed E-state index contributed by atoms with van der Waals surface area (Å²) in [7, 11) is 0. The quantitative estimate of drug-likeness (QED) is 0.775. The van der Waals surface area contributed by atoms with E-state index in [0.717, 1.165) is 38.1 Å². The summed E-state index contributed by atoms with van der Waals surface area (Å²) in [6, 6.07) is 1.97. The van der Waals surface area contributed by atoms with Gasteiger partial charge in [0.15, 0.2) is 0 Å². The molecule has 1 amide bonds. The summed E-state index contributed by atoms with van der Waals surface area (Å²) < 4.78 is 7.63. The predicted molar refractivity (Wildman–Crippen MR) is 91.6 cm³/mol. The first kappa shape index (κ1) is 18.0. The van der Waals surface area contributed by atoms with Crippen molar-refractivity contribution >= 4 is 5.91 Å². The number of aromatic nitrogens is 2. The van der Waals surface area contributed by atoms with Crippen LogP contribution in [0.4, 0.5) is 0 Å². The van der Waals surface area contributed by atoms with Gasteiger partial charge in [-0.25, -0.2) is 0 Å². The van der Waals surface area contributed by atoms with Crippen molar-refractivity contribution in [3.63, 3.8) is 0 Å². The zero-order valence-electron chi connectivity index (χ0n) is 15.0. The zero-order valence-corrected chi connectivity index (χ0v) is 15.0. The lowest BCUT2D eigenvalue weighted by molar-refractivity contribution is -0.00334. The number of carbonyl (C=O) groups is 1. The van der Waals surface area contributed by atoms with Gasteiger partial charge >= 0.3 is 0 Å². The first-order chi connectivity index (χ1) is 11.0. The van der Waals surface area contributed by atoms with Crippen LogP contribution in [-0.4, -0.2) is 46.4 Å². The molecule has 130 valence electrons. The summed E-state index contributed by atoms with van der Waals surface area (Å²) in [6.45, 7) is 11.3. The summed E-state index contributed by atoms with van der Waals surface area (Å²) >= 11 is 0. The van der Waals surface area contributed by atoms with Crippen LogP contribution >= 0.6 is 0 Å². The van der Waals surface area contributed by atoms with Crippen LogP contribution in [0.25, 0.3) is 0 Å². The highest BCUT2D eigenvalue weighted by atomic mass is 16.5. The maximum Gasteiger partial charge on any atom is 0.272 e. The molecule has 2 rings (SSSR count). The van der Waals surface area contributed by atoms with E-state index in [1.807, 2.05) is 29.5 Å². The Kier molecular flexibility index (Phi) is 6.63. The summed E-state index contributed by atoms with van der Waals surface area (Å²) in [6.07, 6.45) is 4.47. The molecule has 23 heavy (non-hydrogen) atoms. The molecule has 2 heterocycles. The third-order valence-corrected chi connectivity index (χ3v) is 4.33. The molecular formula is C18H31N3O2. The van der Waals surface area contributed by atoms with E-state index in [9.17, 15) is 4.79 Å². The fourth-order valence-corrected chi connectivity index (χ4v) is 3.12. The van der Waals surface area contributed by atoms with E-state index < -0.39 is 0 Å². The Balaban J connectivity index is 2.10. The van der Waals surface area contributed by atoms with Crippen molar-refractivity contribution in [2.75, 3.05) is 19.7 Å². The number of hydrogen-bond acceptors (Lipinski definition) is 3. The summed E-state index contributed by atoms with van der Waals surface area (Å²) in [5.41, 5.74) is 1.72. The Bertz CT molecular complexity index is 504. The highest BCUT2D eigenvalue weighted by Gasteiger charge is 2.24. The van der Waals surface area contributed by atoms with E-state index in [4.69, 9.17) is 4.74 Å². The molecule has 0 bridgehead atoms. The van der Waals surface area contributed by atoms with Gasteiger partial charge in [0.1, 0.15) is 5.69 Å². The van der Waals surface area contributed by atoms with Gasteiger partial charge in [0.25, 0.3) is 5.91 Å². The minimum absolute atomic E-state index is 0.0750. The van der Waals surface area contributed by atoms with Gasteiger partial charge in [-0.15, -0.1) is 0 Å². The van der Waals surface area contributed by atoms with Gasteiger partial charge < -0.3 is 9.64 Å². The van der Waals surface area contributed by atoms with E-state index in [0.29, 0.717) is 24.7 Å². The molecule has 1 aromatic heterocycles. The van der Waals surface area contributed by atoms with Gasteiger partial charge in [0.2, 0.25) is 0 Å². The van der Waals surface area contributed by atoms with Gasteiger partial charge in [-0.1, -0.05) is 13.8 Å². The van der Waals surface area contributed by atoms with Gasteiger partial charge in [0.05, 0.1) is 11.8 Å². The first-order valence-electron chi connectivity index (χ1n) is 9.02. The number of ether oxygens (including phenoxy) is 1. The Hall–Kier alpha value is -1.36. The minimum atomic E-state index is 0.0750. The Morgan fingerprint density at radius 1 is 1.43 bits per heavy atom. The van der Waals surface area contributed by atoms with Crippen molar-refractivity contribution in [2.45, 2.75) is 66.0 Å². The second-order valence-corrected chi connectivity index (χ2v) is 6.77. The second-order valence-electron chi connectivity index (χ2n) is 6.77. The third kappa shape index (κ3) is 4.80. The highest BCUT2D eigenvalue weighted by molar-refractivity contribution is 5.92. The molecule has 5 heteroatoms. The van der Waals surface area contributed by atoms with Crippen molar-refractivity contribution in [3.8, 4) is 0 Å². The van der Waals surface area contributed by atoms with Gasteiger partial charge in [-0.3, -0.25) is 9.48 Å². The maximum absolute atomic E-state index is 12.9. The summed E-state index contributed by atoms with van der Waals surface area (Å²) in [4.78, 5) is 14.8. The average molecular weight is 321 g/mol. The molecule has 0 unspecified atom stereocenters. The van der Waals surface area contributed by atoms with Crippen molar-refractivity contribution in [1.29, 1.82) is 0 Å². The number of carbonyl (C=O) groups excluding carboxylic acids is 1. The Labute approximate surface area is 140 Å². The lowest BCUT2D eigenvalue weighted by atomic mass is 10.1. The monoisotopic (exact) mass is 321 g/mol. The number of rotatable bonds is 7.